The number of nitrogens with zero attached hydrogens (tertiary/aromatic N) is 1. The Hall–Kier alpha value is -1.78. The number of pyridine rings is 1. The molecule has 5 nitrogen and oxygen atoms in total. The van der Waals surface area contributed by atoms with Gasteiger partial charge < -0.3 is 15.6 Å². The Morgan fingerprint density at radius 3 is 2.82 bits per heavy atom. The monoisotopic (exact) mass is 237 g/mol. The van der Waals surface area contributed by atoms with Gasteiger partial charge in [0.05, 0.1) is 5.69 Å². The van der Waals surface area contributed by atoms with Gasteiger partial charge in [-0.3, -0.25) is 9.59 Å². The minimum Gasteiger partial charge on any atom is -0.397 e. The lowest BCUT2D eigenvalue weighted by Gasteiger charge is -2.13. The molecule has 0 bridgehead atoms. The third-order valence-corrected chi connectivity index (χ3v) is 2.71. The summed E-state index contributed by atoms with van der Waals surface area (Å²) in [5.74, 6) is -0.176. The summed E-state index contributed by atoms with van der Waals surface area (Å²) in [6.07, 6.45) is 2.37. The molecule has 0 saturated heterocycles. The fourth-order valence-corrected chi connectivity index (χ4v) is 1.39. The maximum atomic E-state index is 11.6. The first-order chi connectivity index (χ1) is 7.93. The SMILES string of the molecule is CCC(C)NC(=O)Cn1cc(N)c(C)cc1=O. The van der Waals surface area contributed by atoms with Gasteiger partial charge in [-0.2, -0.15) is 0 Å². The lowest BCUT2D eigenvalue weighted by molar-refractivity contribution is -0.122. The number of nitrogens with two attached hydrogens (primary N) is 1. The molecule has 1 aromatic rings. The first kappa shape index (κ1) is 13.3. The molecule has 1 unspecified atom stereocenters. The number of nitrogen functional groups attached to an aromatic ring is 1. The predicted octanol–water partition coefficient (Wildman–Crippen LogP) is 0.654. The van der Waals surface area contributed by atoms with Crippen molar-refractivity contribution in [1.29, 1.82) is 0 Å². The van der Waals surface area contributed by atoms with Gasteiger partial charge in [0, 0.05) is 18.3 Å². The van der Waals surface area contributed by atoms with Crippen molar-refractivity contribution in [2.24, 2.45) is 0 Å². The van der Waals surface area contributed by atoms with Crippen molar-refractivity contribution >= 4 is 11.6 Å². The van der Waals surface area contributed by atoms with E-state index in [0.29, 0.717) is 5.69 Å². The zero-order chi connectivity index (χ0) is 13.0. The second-order valence-corrected chi connectivity index (χ2v) is 4.25. The van der Waals surface area contributed by atoms with Gasteiger partial charge in [0.1, 0.15) is 6.54 Å². The van der Waals surface area contributed by atoms with Crippen molar-refractivity contribution in [1.82, 2.24) is 9.88 Å². The molecule has 1 amide bonds. The number of aryl methyl sites for hydroxylation is 1. The molecular formula is C12H19N3O2. The van der Waals surface area contributed by atoms with Crippen LogP contribution in [0.25, 0.3) is 0 Å². The summed E-state index contributed by atoms with van der Waals surface area (Å²) in [7, 11) is 0. The predicted molar refractivity (Wildman–Crippen MR) is 67.7 cm³/mol. The first-order valence-electron chi connectivity index (χ1n) is 5.70. The van der Waals surface area contributed by atoms with E-state index in [1.807, 2.05) is 13.8 Å². The molecule has 0 saturated carbocycles. The van der Waals surface area contributed by atoms with E-state index in [1.54, 1.807) is 6.92 Å². The van der Waals surface area contributed by atoms with Crippen molar-refractivity contribution in [2.45, 2.75) is 39.8 Å². The number of rotatable bonds is 4. The second-order valence-electron chi connectivity index (χ2n) is 4.25. The number of anilines is 1. The van der Waals surface area contributed by atoms with Gasteiger partial charge >= 0.3 is 0 Å². The number of nitrogens with one attached hydrogen (secondary N) is 1. The highest BCUT2D eigenvalue weighted by molar-refractivity contribution is 5.76. The minimum atomic E-state index is -0.212. The summed E-state index contributed by atoms with van der Waals surface area (Å²) in [5.41, 5.74) is 6.73. The smallest absolute Gasteiger partial charge is 0.251 e. The zero-order valence-electron chi connectivity index (χ0n) is 10.5. The molecule has 0 aliphatic heterocycles. The Kier molecular flexibility index (Phi) is 4.31. The van der Waals surface area contributed by atoms with E-state index >= 15 is 0 Å². The van der Waals surface area contributed by atoms with E-state index in [0.717, 1.165) is 12.0 Å². The van der Waals surface area contributed by atoms with Gasteiger partial charge in [-0.1, -0.05) is 6.92 Å². The number of hydrogen-bond acceptors (Lipinski definition) is 3. The fraction of sp³-hybridized carbons (Fsp3) is 0.500. The lowest BCUT2D eigenvalue weighted by Crippen LogP contribution is -2.37. The topological polar surface area (TPSA) is 77.1 Å². The average Bonchev–Trinajstić information content (AvgIpc) is 2.25. The summed E-state index contributed by atoms with van der Waals surface area (Å²) < 4.78 is 1.32. The van der Waals surface area contributed by atoms with Crippen LogP contribution < -0.4 is 16.6 Å². The van der Waals surface area contributed by atoms with Crippen LogP contribution in [0.2, 0.25) is 0 Å². The van der Waals surface area contributed by atoms with Crippen LogP contribution in [-0.2, 0) is 11.3 Å². The van der Waals surface area contributed by atoms with Crippen LogP contribution in [0.5, 0.6) is 0 Å². The van der Waals surface area contributed by atoms with Crippen LogP contribution in [0.15, 0.2) is 17.1 Å². The van der Waals surface area contributed by atoms with Gasteiger partial charge in [0.15, 0.2) is 0 Å². The molecule has 5 heteroatoms. The van der Waals surface area contributed by atoms with E-state index in [2.05, 4.69) is 5.32 Å². The summed E-state index contributed by atoms with van der Waals surface area (Å²) in [6.45, 7) is 5.68. The quantitative estimate of drug-likeness (QED) is 0.807. The number of aromatic nitrogens is 1. The van der Waals surface area contributed by atoms with E-state index < -0.39 is 0 Å². The van der Waals surface area contributed by atoms with Gasteiger partial charge in [-0.15, -0.1) is 0 Å². The lowest BCUT2D eigenvalue weighted by atomic mass is 10.2. The summed E-state index contributed by atoms with van der Waals surface area (Å²) >= 11 is 0. The van der Waals surface area contributed by atoms with Crippen LogP contribution in [0.3, 0.4) is 0 Å². The Labute approximate surface area is 101 Å². The molecule has 1 atom stereocenters. The fourth-order valence-electron chi connectivity index (χ4n) is 1.39. The van der Waals surface area contributed by atoms with Gasteiger partial charge in [-0.25, -0.2) is 0 Å². The number of carbonyl (C=O) groups is 1. The molecular weight excluding hydrogens is 218 g/mol. The molecule has 0 fully saturated rings. The molecule has 94 valence electrons. The Morgan fingerprint density at radius 2 is 2.24 bits per heavy atom. The van der Waals surface area contributed by atoms with Gasteiger partial charge in [-0.05, 0) is 25.8 Å². The second kappa shape index (κ2) is 5.52. The molecule has 1 aromatic heterocycles. The van der Waals surface area contributed by atoms with E-state index in [4.69, 9.17) is 5.73 Å². The Balaban J connectivity index is 2.79. The minimum absolute atomic E-state index is 0.00759. The van der Waals surface area contributed by atoms with Crippen molar-refractivity contribution in [3.63, 3.8) is 0 Å². The van der Waals surface area contributed by atoms with E-state index in [-0.39, 0.29) is 24.1 Å². The first-order valence-corrected chi connectivity index (χ1v) is 5.70. The Morgan fingerprint density at radius 1 is 1.59 bits per heavy atom. The highest BCUT2D eigenvalue weighted by Crippen LogP contribution is 2.05. The third kappa shape index (κ3) is 3.62. The van der Waals surface area contributed by atoms with Gasteiger partial charge in [0.25, 0.3) is 5.56 Å². The van der Waals surface area contributed by atoms with Crippen LogP contribution in [0.4, 0.5) is 5.69 Å². The van der Waals surface area contributed by atoms with Crippen LogP contribution in [-0.4, -0.2) is 16.5 Å². The van der Waals surface area contributed by atoms with Gasteiger partial charge in [0.2, 0.25) is 5.91 Å². The van der Waals surface area contributed by atoms with Crippen molar-refractivity contribution in [3.05, 3.63) is 28.2 Å². The van der Waals surface area contributed by atoms with Crippen molar-refractivity contribution in [2.75, 3.05) is 5.73 Å². The number of carbonyl (C=O) groups excluding carboxylic acids is 1. The maximum Gasteiger partial charge on any atom is 0.251 e. The van der Waals surface area contributed by atoms with Crippen molar-refractivity contribution < 1.29 is 4.79 Å². The standard InChI is InChI=1S/C12H19N3O2/c1-4-9(3)14-11(16)7-15-6-10(13)8(2)5-12(15)17/h5-6,9H,4,7,13H2,1-3H3,(H,14,16). The average molecular weight is 237 g/mol. The van der Waals surface area contributed by atoms with E-state index in [1.165, 1.54) is 16.8 Å². The Bertz CT molecular complexity index is 465. The van der Waals surface area contributed by atoms with Crippen LogP contribution in [0, 0.1) is 6.92 Å². The summed E-state index contributed by atoms with van der Waals surface area (Å²) in [6, 6.07) is 1.55. The third-order valence-electron chi connectivity index (χ3n) is 2.71. The molecule has 1 rings (SSSR count). The van der Waals surface area contributed by atoms with Crippen molar-refractivity contribution in [3.8, 4) is 0 Å². The van der Waals surface area contributed by atoms with Crippen LogP contribution >= 0.6 is 0 Å². The number of amides is 1. The highest BCUT2D eigenvalue weighted by atomic mass is 16.2. The molecule has 0 radical (unpaired) electrons. The zero-order valence-corrected chi connectivity index (χ0v) is 10.5. The molecule has 0 aliphatic carbocycles. The highest BCUT2D eigenvalue weighted by Gasteiger charge is 2.08. The molecule has 1 heterocycles. The maximum absolute atomic E-state index is 11.6. The molecule has 0 aromatic carbocycles. The molecule has 17 heavy (non-hydrogen) atoms. The normalized spacial score (nSPS) is 12.2. The number of hydrogen-bond donors (Lipinski definition) is 2. The largest absolute Gasteiger partial charge is 0.397 e. The molecule has 0 aliphatic rings. The van der Waals surface area contributed by atoms with Crippen LogP contribution in [0.1, 0.15) is 25.8 Å². The molecule has 3 N–H and O–H groups in total. The van der Waals surface area contributed by atoms with E-state index in [9.17, 15) is 9.59 Å². The summed E-state index contributed by atoms with van der Waals surface area (Å²) in [5, 5.41) is 2.80. The summed E-state index contributed by atoms with van der Waals surface area (Å²) in [4.78, 5) is 23.2. The molecule has 0 spiro atoms.